The Morgan fingerprint density at radius 2 is 1.85 bits per heavy atom. The van der Waals surface area contributed by atoms with E-state index in [9.17, 15) is 4.79 Å². The third-order valence-electron chi connectivity index (χ3n) is 3.99. The van der Waals surface area contributed by atoms with Crippen molar-refractivity contribution in [2.45, 2.75) is 11.4 Å². The van der Waals surface area contributed by atoms with Gasteiger partial charge in [-0.1, -0.05) is 12.1 Å². The number of rotatable bonds is 6. The van der Waals surface area contributed by atoms with Gasteiger partial charge in [-0.3, -0.25) is 4.79 Å². The van der Waals surface area contributed by atoms with Gasteiger partial charge in [0.05, 0.1) is 7.11 Å². The first-order valence-electron chi connectivity index (χ1n) is 8.09. The SMILES string of the molecule is COc1ccc(-c2nc(C(=O)N(C)Cc3ccc(SC)cc3)cs2)cc1. The lowest BCUT2D eigenvalue weighted by Crippen LogP contribution is -2.26. The lowest BCUT2D eigenvalue weighted by Gasteiger charge is -2.16. The molecule has 4 nitrogen and oxygen atoms in total. The van der Waals surface area contributed by atoms with E-state index in [4.69, 9.17) is 4.74 Å². The molecular formula is C20H20N2O2S2. The molecule has 1 heterocycles. The Morgan fingerprint density at radius 3 is 2.46 bits per heavy atom. The second-order valence-electron chi connectivity index (χ2n) is 5.78. The summed E-state index contributed by atoms with van der Waals surface area (Å²) in [4.78, 5) is 20.1. The van der Waals surface area contributed by atoms with Gasteiger partial charge in [-0.2, -0.15) is 0 Å². The molecule has 0 radical (unpaired) electrons. The van der Waals surface area contributed by atoms with Gasteiger partial charge in [0.15, 0.2) is 0 Å². The first-order chi connectivity index (χ1) is 12.6. The molecule has 0 saturated carbocycles. The van der Waals surface area contributed by atoms with E-state index in [-0.39, 0.29) is 5.91 Å². The van der Waals surface area contributed by atoms with Gasteiger partial charge in [-0.25, -0.2) is 4.98 Å². The molecule has 0 aliphatic rings. The van der Waals surface area contributed by atoms with Crippen molar-refractivity contribution >= 4 is 29.0 Å². The van der Waals surface area contributed by atoms with E-state index in [1.807, 2.05) is 35.9 Å². The second-order valence-corrected chi connectivity index (χ2v) is 7.51. The molecule has 2 aromatic carbocycles. The molecule has 0 N–H and O–H groups in total. The van der Waals surface area contributed by atoms with Crippen LogP contribution in [0, 0.1) is 0 Å². The van der Waals surface area contributed by atoms with E-state index in [0.717, 1.165) is 21.9 Å². The molecular weight excluding hydrogens is 364 g/mol. The highest BCUT2D eigenvalue weighted by atomic mass is 32.2. The molecule has 0 fully saturated rings. The van der Waals surface area contributed by atoms with Crippen molar-refractivity contribution in [3.8, 4) is 16.3 Å². The van der Waals surface area contributed by atoms with Gasteiger partial charge >= 0.3 is 0 Å². The third kappa shape index (κ3) is 4.26. The van der Waals surface area contributed by atoms with Crippen LogP contribution >= 0.6 is 23.1 Å². The van der Waals surface area contributed by atoms with Crippen LogP contribution in [0.4, 0.5) is 0 Å². The normalized spacial score (nSPS) is 10.6. The van der Waals surface area contributed by atoms with Crippen molar-refractivity contribution in [2.75, 3.05) is 20.4 Å². The topological polar surface area (TPSA) is 42.4 Å². The highest BCUT2D eigenvalue weighted by molar-refractivity contribution is 7.98. The van der Waals surface area contributed by atoms with Crippen LogP contribution in [0.25, 0.3) is 10.6 Å². The zero-order valence-electron chi connectivity index (χ0n) is 14.9. The number of carbonyl (C=O) groups excluding carboxylic acids is 1. The molecule has 1 amide bonds. The summed E-state index contributed by atoms with van der Waals surface area (Å²) < 4.78 is 5.17. The number of amides is 1. The van der Waals surface area contributed by atoms with Crippen LogP contribution in [0.5, 0.6) is 5.75 Å². The number of hydrogen-bond acceptors (Lipinski definition) is 5. The van der Waals surface area contributed by atoms with Crippen molar-refractivity contribution < 1.29 is 9.53 Å². The van der Waals surface area contributed by atoms with E-state index in [2.05, 4.69) is 29.2 Å². The molecule has 0 atom stereocenters. The number of carbonyl (C=O) groups is 1. The van der Waals surface area contributed by atoms with Crippen molar-refractivity contribution in [1.82, 2.24) is 9.88 Å². The van der Waals surface area contributed by atoms with Crippen molar-refractivity contribution in [2.24, 2.45) is 0 Å². The number of nitrogens with zero attached hydrogens (tertiary/aromatic N) is 2. The van der Waals surface area contributed by atoms with Gasteiger partial charge in [0.1, 0.15) is 16.5 Å². The Bertz CT molecular complexity index is 874. The summed E-state index contributed by atoms with van der Waals surface area (Å²) in [6.45, 7) is 0.558. The lowest BCUT2D eigenvalue weighted by atomic mass is 10.2. The highest BCUT2D eigenvalue weighted by Crippen LogP contribution is 2.26. The number of methoxy groups -OCH3 is 1. The minimum atomic E-state index is -0.0741. The maximum atomic E-state index is 12.7. The highest BCUT2D eigenvalue weighted by Gasteiger charge is 2.16. The molecule has 0 aliphatic heterocycles. The summed E-state index contributed by atoms with van der Waals surface area (Å²) in [6.07, 6.45) is 2.05. The molecule has 0 unspecified atom stereocenters. The standard InChI is InChI=1S/C20H20N2O2S2/c1-22(12-14-4-10-17(25-3)11-5-14)20(23)18-13-26-19(21-18)15-6-8-16(24-2)9-7-15/h4-11,13H,12H2,1-3H3. The van der Waals surface area contributed by atoms with Crippen LogP contribution in [0.3, 0.4) is 0 Å². The predicted octanol–water partition coefficient (Wildman–Crippen LogP) is 4.81. The number of hydrogen-bond donors (Lipinski definition) is 0. The fourth-order valence-electron chi connectivity index (χ4n) is 2.51. The van der Waals surface area contributed by atoms with Crippen LogP contribution in [-0.2, 0) is 6.54 Å². The van der Waals surface area contributed by atoms with Crippen LogP contribution in [-0.4, -0.2) is 36.2 Å². The number of aromatic nitrogens is 1. The molecule has 3 rings (SSSR count). The Kier molecular flexibility index (Phi) is 5.96. The molecule has 1 aromatic heterocycles. The smallest absolute Gasteiger partial charge is 0.273 e. The maximum Gasteiger partial charge on any atom is 0.273 e. The summed E-state index contributed by atoms with van der Waals surface area (Å²) in [7, 11) is 3.44. The van der Waals surface area contributed by atoms with E-state index < -0.39 is 0 Å². The van der Waals surface area contributed by atoms with Crippen molar-refractivity contribution in [3.05, 3.63) is 65.2 Å². The van der Waals surface area contributed by atoms with Crippen LogP contribution in [0.1, 0.15) is 16.1 Å². The number of thioether (sulfide) groups is 1. The maximum absolute atomic E-state index is 12.7. The van der Waals surface area contributed by atoms with Gasteiger partial charge in [-0.15, -0.1) is 23.1 Å². The van der Waals surface area contributed by atoms with E-state index in [1.54, 1.807) is 30.8 Å². The van der Waals surface area contributed by atoms with E-state index in [1.165, 1.54) is 16.2 Å². The van der Waals surface area contributed by atoms with Crippen LogP contribution in [0.15, 0.2) is 58.8 Å². The Hall–Kier alpha value is -2.31. The molecule has 0 saturated heterocycles. The van der Waals surface area contributed by atoms with Gasteiger partial charge in [-0.05, 0) is 48.2 Å². The summed E-state index contributed by atoms with van der Waals surface area (Å²) >= 11 is 3.18. The third-order valence-corrected chi connectivity index (χ3v) is 5.62. The summed E-state index contributed by atoms with van der Waals surface area (Å²) in [5, 5.41) is 2.64. The fourth-order valence-corrected chi connectivity index (χ4v) is 3.72. The number of thiazole rings is 1. The Labute approximate surface area is 161 Å². The first kappa shape index (κ1) is 18.5. The average Bonchev–Trinajstić information content (AvgIpc) is 3.18. The molecule has 0 spiro atoms. The van der Waals surface area contributed by atoms with Crippen molar-refractivity contribution in [3.63, 3.8) is 0 Å². The molecule has 26 heavy (non-hydrogen) atoms. The number of ether oxygens (including phenoxy) is 1. The summed E-state index contributed by atoms with van der Waals surface area (Å²) in [5.41, 5.74) is 2.55. The van der Waals surface area contributed by atoms with E-state index in [0.29, 0.717) is 12.2 Å². The largest absolute Gasteiger partial charge is 0.497 e. The first-order valence-corrected chi connectivity index (χ1v) is 10.2. The minimum Gasteiger partial charge on any atom is -0.497 e. The second kappa shape index (κ2) is 8.38. The van der Waals surface area contributed by atoms with Crippen molar-refractivity contribution in [1.29, 1.82) is 0 Å². The van der Waals surface area contributed by atoms with Crippen LogP contribution in [0.2, 0.25) is 0 Å². The van der Waals surface area contributed by atoms with Gasteiger partial charge in [0, 0.05) is 29.4 Å². The van der Waals surface area contributed by atoms with Gasteiger partial charge in [0.2, 0.25) is 0 Å². The molecule has 6 heteroatoms. The Morgan fingerprint density at radius 1 is 1.15 bits per heavy atom. The van der Waals surface area contributed by atoms with Gasteiger partial charge in [0.25, 0.3) is 5.91 Å². The monoisotopic (exact) mass is 384 g/mol. The molecule has 3 aromatic rings. The predicted molar refractivity (Wildman–Crippen MR) is 108 cm³/mol. The van der Waals surface area contributed by atoms with Crippen LogP contribution < -0.4 is 4.74 Å². The average molecular weight is 385 g/mol. The molecule has 0 aliphatic carbocycles. The zero-order valence-corrected chi connectivity index (χ0v) is 16.6. The quantitative estimate of drug-likeness (QED) is 0.572. The van der Waals surface area contributed by atoms with E-state index >= 15 is 0 Å². The lowest BCUT2D eigenvalue weighted by molar-refractivity contribution is 0.0780. The minimum absolute atomic E-state index is 0.0741. The molecule has 134 valence electrons. The summed E-state index contributed by atoms with van der Waals surface area (Å²) in [5.74, 6) is 0.726. The zero-order chi connectivity index (χ0) is 18.5. The number of benzene rings is 2. The summed E-state index contributed by atoms with van der Waals surface area (Å²) in [6, 6.07) is 15.9. The van der Waals surface area contributed by atoms with Gasteiger partial charge < -0.3 is 9.64 Å². The Balaban J connectivity index is 1.69. The molecule has 0 bridgehead atoms. The fraction of sp³-hybridized carbons (Fsp3) is 0.200.